The molecule has 5 nitrogen and oxygen atoms in total. The van der Waals surface area contributed by atoms with E-state index >= 15 is 0 Å². The number of pyridine rings is 1. The summed E-state index contributed by atoms with van der Waals surface area (Å²) in [6.07, 6.45) is -0.0336. The fourth-order valence-electron chi connectivity index (χ4n) is 3.40. The Morgan fingerprint density at radius 1 is 1.48 bits per heavy atom. The van der Waals surface area contributed by atoms with Gasteiger partial charge in [-0.05, 0) is 37.3 Å². The highest BCUT2D eigenvalue weighted by Gasteiger charge is 2.40. The summed E-state index contributed by atoms with van der Waals surface area (Å²) in [4.78, 5) is 29.4. The lowest BCUT2D eigenvalue weighted by atomic mass is 9.85. The largest absolute Gasteiger partial charge is 0.417 e. The zero-order valence-corrected chi connectivity index (χ0v) is 13.5. The number of anilines is 2. The lowest BCUT2D eigenvalue weighted by Crippen LogP contribution is -2.53. The van der Waals surface area contributed by atoms with Crippen molar-refractivity contribution < 1.29 is 22.8 Å². The van der Waals surface area contributed by atoms with E-state index in [0.717, 1.165) is 18.7 Å². The number of amides is 1. The van der Waals surface area contributed by atoms with Crippen molar-refractivity contribution in [1.29, 1.82) is 0 Å². The van der Waals surface area contributed by atoms with Gasteiger partial charge in [-0.2, -0.15) is 13.2 Å². The summed E-state index contributed by atoms with van der Waals surface area (Å²) < 4.78 is 38.5. The maximum absolute atomic E-state index is 12.8. The molecule has 25 heavy (non-hydrogen) atoms. The topological polar surface area (TPSA) is 62.3 Å². The van der Waals surface area contributed by atoms with Gasteiger partial charge in [-0.1, -0.05) is 6.58 Å². The third kappa shape index (κ3) is 3.52. The van der Waals surface area contributed by atoms with Gasteiger partial charge in [-0.3, -0.25) is 9.59 Å². The number of carbonyl (C=O) groups excluding carboxylic acids is 2. The number of alkyl halides is 3. The Hall–Kier alpha value is -2.38. The number of rotatable bonds is 4. The lowest BCUT2D eigenvalue weighted by molar-refractivity contribution is -0.137. The second-order valence-electron chi connectivity index (χ2n) is 6.39. The first-order valence-electron chi connectivity index (χ1n) is 8.09. The predicted molar refractivity (Wildman–Crippen MR) is 86.2 cm³/mol. The summed E-state index contributed by atoms with van der Waals surface area (Å²) in [6, 6.07) is 0.458. The second kappa shape index (κ2) is 6.50. The molecule has 0 radical (unpaired) electrons. The van der Waals surface area contributed by atoms with Gasteiger partial charge < -0.3 is 10.2 Å². The van der Waals surface area contributed by atoms with Gasteiger partial charge in [0.1, 0.15) is 6.04 Å². The van der Waals surface area contributed by atoms with E-state index < -0.39 is 17.8 Å². The normalized spacial score (nSPS) is 22.7. The van der Waals surface area contributed by atoms with Crippen LogP contribution in [0.15, 0.2) is 24.9 Å². The summed E-state index contributed by atoms with van der Waals surface area (Å²) in [6.45, 7) is 3.97. The second-order valence-corrected chi connectivity index (χ2v) is 6.39. The molecule has 8 heteroatoms. The molecule has 2 atom stereocenters. The van der Waals surface area contributed by atoms with E-state index in [9.17, 15) is 22.8 Å². The molecule has 3 heterocycles. The highest BCUT2D eigenvalue weighted by atomic mass is 19.4. The first kappa shape index (κ1) is 17.4. The molecule has 2 aliphatic heterocycles. The van der Waals surface area contributed by atoms with Crippen LogP contribution in [0.25, 0.3) is 0 Å². The molecule has 0 spiro atoms. The van der Waals surface area contributed by atoms with Gasteiger partial charge >= 0.3 is 6.18 Å². The first-order chi connectivity index (χ1) is 11.8. The fourth-order valence-corrected chi connectivity index (χ4v) is 3.40. The Morgan fingerprint density at radius 3 is 2.92 bits per heavy atom. The van der Waals surface area contributed by atoms with Crippen molar-refractivity contribution in [2.24, 2.45) is 5.92 Å². The van der Waals surface area contributed by atoms with E-state index in [-0.39, 0.29) is 23.3 Å². The van der Waals surface area contributed by atoms with E-state index in [1.807, 2.05) is 0 Å². The minimum Gasteiger partial charge on any atom is -0.343 e. The van der Waals surface area contributed by atoms with E-state index in [1.165, 1.54) is 6.08 Å². The van der Waals surface area contributed by atoms with E-state index in [0.29, 0.717) is 31.6 Å². The third-order valence-corrected chi connectivity index (χ3v) is 4.76. The number of hydrogen-bond acceptors (Lipinski definition) is 4. The van der Waals surface area contributed by atoms with Gasteiger partial charge in [-0.15, -0.1) is 0 Å². The molecule has 1 aromatic rings. The van der Waals surface area contributed by atoms with E-state index in [4.69, 9.17) is 0 Å². The molecule has 1 unspecified atom stereocenters. The van der Waals surface area contributed by atoms with Crippen LogP contribution in [0.1, 0.15) is 31.2 Å². The summed E-state index contributed by atoms with van der Waals surface area (Å²) in [5.41, 5.74) is -0.792. The van der Waals surface area contributed by atoms with Crippen LogP contribution in [0.4, 0.5) is 24.7 Å². The Labute approximate surface area is 142 Å². The van der Waals surface area contributed by atoms with E-state index in [2.05, 4.69) is 16.9 Å². The Morgan fingerprint density at radius 2 is 2.24 bits per heavy atom. The van der Waals surface area contributed by atoms with Crippen molar-refractivity contribution in [2.45, 2.75) is 37.9 Å². The molecular weight excluding hydrogens is 335 g/mol. The Kier molecular flexibility index (Phi) is 4.53. The number of carbonyl (C=O) groups is 2. The molecule has 1 aromatic heterocycles. The molecule has 1 amide bonds. The zero-order chi connectivity index (χ0) is 18.2. The number of ketones is 1. The summed E-state index contributed by atoms with van der Waals surface area (Å²) in [7, 11) is 0. The maximum Gasteiger partial charge on any atom is 0.417 e. The molecule has 1 N–H and O–H groups in total. The molecule has 0 aromatic carbocycles. The molecule has 2 aliphatic rings. The van der Waals surface area contributed by atoms with Gasteiger partial charge in [-0.25, -0.2) is 4.98 Å². The van der Waals surface area contributed by atoms with Crippen molar-refractivity contribution >= 4 is 23.2 Å². The van der Waals surface area contributed by atoms with Crippen molar-refractivity contribution in [1.82, 2.24) is 4.98 Å². The number of allylic oxidation sites excluding steroid dienone is 1. The number of nitrogens with one attached hydrogen (secondary N) is 1. The SMILES string of the molecule is C=CC(=O)CCC1CCN2c3ncc(C(F)(F)F)cc3NC(=O)[C@H]2C1. The molecular formula is C17H18F3N3O2. The number of nitrogens with zero attached hydrogens (tertiary/aromatic N) is 2. The highest BCUT2D eigenvalue weighted by molar-refractivity contribution is 6.03. The molecule has 1 fully saturated rings. The molecule has 3 rings (SSSR count). The van der Waals surface area contributed by atoms with Crippen molar-refractivity contribution in [2.75, 3.05) is 16.8 Å². The average molecular weight is 353 g/mol. The van der Waals surface area contributed by atoms with Gasteiger partial charge in [0.05, 0.1) is 11.3 Å². The van der Waals surface area contributed by atoms with Gasteiger partial charge in [0.15, 0.2) is 11.6 Å². The highest BCUT2D eigenvalue weighted by Crippen LogP contribution is 2.39. The van der Waals surface area contributed by atoms with E-state index in [1.54, 1.807) is 4.90 Å². The van der Waals surface area contributed by atoms with Crippen molar-refractivity contribution in [3.63, 3.8) is 0 Å². The maximum atomic E-state index is 12.8. The smallest absolute Gasteiger partial charge is 0.343 e. The van der Waals surface area contributed by atoms with Gasteiger partial charge in [0, 0.05) is 19.2 Å². The van der Waals surface area contributed by atoms with Crippen LogP contribution < -0.4 is 10.2 Å². The first-order valence-corrected chi connectivity index (χ1v) is 8.09. The third-order valence-electron chi connectivity index (χ3n) is 4.76. The van der Waals surface area contributed by atoms with Crippen LogP contribution >= 0.6 is 0 Å². The predicted octanol–water partition coefficient (Wildman–Crippen LogP) is 3.17. The molecule has 134 valence electrons. The standard InChI is InChI=1S/C17H18F3N3O2/c1-2-12(24)4-3-10-5-6-23-14(7-10)16(25)22-13-8-11(17(18,19)20)9-21-15(13)23/h2,8-10,14H,1,3-7H2,(H,22,25)/t10?,14-/m1/s1. The molecule has 0 aliphatic carbocycles. The lowest BCUT2D eigenvalue weighted by Gasteiger charge is -2.43. The molecule has 0 saturated carbocycles. The summed E-state index contributed by atoms with van der Waals surface area (Å²) in [5, 5.41) is 2.54. The number of fused-ring (bicyclic) bond motifs is 3. The van der Waals surface area contributed by atoms with Gasteiger partial charge in [0.2, 0.25) is 5.91 Å². The Bertz CT molecular complexity index is 718. The van der Waals surface area contributed by atoms with Crippen molar-refractivity contribution in [3.05, 3.63) is 30.5 Å². The minimum absolute atomic E-state index is 0.0257. The van der Waals surface area contributed by atoms with Crippen LogP contribution in [0.3, 0.4) is 0 Å². The monoisotopic (exact) mass is 353 g/mol. The fraction of sp³-hybridized carbons (Fsp3) is 0.471. The summed E-state index contributed by atoms with van der Waals surface area (Å²) >= 11 is 0. The minimum atomic E-state index is -4.51. The molecule has 1 saturated heterocycles. The number of halogens is 3. The van der Waals surface area contributed by atoms with Crippen LogP contribution in [0.5, 0.6) is 0 Å². The van der Waals surface area contributed by atoms with Crippen LogP contribution in [-0.4, -0.2) is 29.3 Å². The number of hydrogen-bond donors (Lipinski definition) is 1. The Balaban J connectivity index is 1.77. The van der Waals surface area contributed by atoms with Crippen LogP contribution in [0, 0.1) is 5.92 Å². The molecule has 0 bridgehead atoms. The average Bonchev–Trinajstić information content (AvgIpc) is 2.58. The number of aromatic nitrogens is 1. The van der Waals surface area contributed by atoms with Crippen molar-refractivity contribution in [3.8, 4) is 0 Å². The number of piperidine rings is 1. The summed E-state index contributed by atoms with van der Waals surface area (Å²) in [5.74, 6) is 0.237. The van der Waals surface area contributed by atoms with Gasteiger partial charge in [0.25, 0.3) is 0 Å². The van der Waals surface area contributed by atoms with Crippen LogP contribution in [0.2, 0.25) is 0 Å². The quantitative estimate of drug-likeness (QED) is 0.845. The zero-order valence-electron chi connectivity index (χ0n) is 13.5. The van der Waals surface area contributed by atoms with Crippen LogP contribution in [-0.2, 0) is 15.8 Å².